The molecule has 5 nitrogen and oxygen atoms in total. The number of carbonyl (C=O) groups excluding carboxylic acids is 1. The lowest BCUT2D eigenvalue weighted by molar-refractivity contribution is 0.0935. The molecule has 1 amide bonds. The number of nitrogens with zero attached hydrogens (tertiary/aromatic N) is 1. The summed E-state index contributed by atoms with van der Waals surface area (Å²) in [6.07, 6.45) is 3.77. The maximum absolute atomic E-state index is 12.7. The van der Waals surface area contributed by atoms with E-state index >= 15 is 0 Å². The molecule has 1 N–H and O–H groups in total. The first kappa shape index (κ1) is 19.5. The number of hydrogen-bond acceptors (Lipinski definition) is 4. The van der Waals surface area contributed by atoms with Crippen LogP contribution in [0.1, 0.15) is 47.6 Å². The quantitative estimate of drug-likeness (QED) is 0.823. The van der Waals surface area contributed by atoms with Crippen LogP contribution >= 0.6 is 11.8 Å². The summed E-state index contributed by atoms with van der Waals surface area (Å²) in [5, 5.41) is 3.10. The van der Waals surface area contributed by atoms with E-state index in [2.05, 4.69) is 17.4 Å². The molecule has 28 heavy (non-hydrogen) atoms. The summed E-state index contributed by atoms with van der Waals surface area (Å²) in [6.45, 7) is 1.15. The van der Waals surface area contributed by atoms with Gasteiger partial charge in [-0.2, -0.15) is 4.31 Å². The van der Waals surface area contributed by atoms with Gasteiger partial charge in [0.1, 0.15) is 0 Å². The van der Waals surface area contributed by atoms with Crippen molar-refractivity contribution in [2.45, 2.75) is 41.5 Å². The Kier molecular flexibility index (Phi) is 5.75. The molecule has 2 aliphatic rings. The van der Waals surface area contributed by atoms with Gasteiger partial charge in [-0.25, -0.2) is 8.42 Å². The van der Waals surface area contributed by atoms with E-state index in [1.54, 1.807) is 28.6 Å². The Morgan fingerprint density at radius 3 is 2.46 bits per heavy atom. The lowest BCUT2D eigenvalue weighted by Gasteiger charge is -2.26. The van der Waals surface area contributed by atoms with Crippen molar-refractivity contribution in [3.8, 4) is 0 Å². The van der Waals surface area contributed by atoms with Crippen LogP contribution in [0.2, 0.25) is 0 Å². The average molecular weight is 417 g/mol. The molecule has 1 saturated heterocycles. The first-order valence-electron chi connectivity index (χ1n) is 9.68. The van der Waals surface area contributed by atoms with Crippen molar-refractivity contribution >= 4 is 27.7 Å². The highest BCUT2D eigenvalue weighted by Gasteiger charge is 2.26. The van der Waals surface area contributed by atoms with Crippen molar-refractivity contribution in [3.63, 3.8) is 0 Å². The molecule has 0 radical (unpaired) electrons. The molecule has 0 saturated carbocycles. The number of sulfonamides is 1. The third-order valence-corrected chi connectivity index (χ3v) is 8.37. The number of benzene rings is 2. The largest absolute Gasteiger partial charge is 0.345 e. The third-order valence-electron chi connectivity index (χ3n) is 5.33. The van der Waals surface area contributed by atoms with Crippen LogP contribution in [0.3, 0.4) is 0 Å². The molecule has 2 aromatic carbocycles. The molecule has 1 fully saturated rings. The van der Waals surface area contributed by atoms with E-state index in [4.69, 9.17) is 0 Å². The first-order valence-corrected chi connectivity index (χ1v) is 12.1. The number of piperidine rings is 1. The van der Waals surface area contributed by atoms with E-state index in [0.29, 0.717) is 18.7 Å². The van der Waals surface area contributed by atoms with Gasteiger partial charge in [0, 0.05) is 29.3 Å². The molecule has 7 heteroatoms. The van der Waals surface area contributed by atoms with Gasteiger partial charge in [-0.1, -0.05) is 24.6 Å². The lowest BCUT2D eigenvalue weighted by atomic mass is 10.0. The lowest BCUT2D eigenvalue weighted by Crippen LogP contribution is -2.35. The van der Waals surface area contributed by atoms with Crippen molar-refractivity contribution in [2.24, 2.45) is 0 Å². The molecule has 0 spiro atoms. The fraction of sp³-hybridized carbons (Fsp3) is 0.381. The van der Waals surface area contributed by atoms with Crippen molar-refractivity contribution in [3.05, 3.63) is 59.7 Å². The SMILES string of the molecule is O=C(N[C@H]1CCSc2ccccc21)c1ccc(S(=O)(=O)N2CCCCC2)cc1. The van der Waals surface area contributed by atoms with Crippen LogP contribution < -0.4 is 5.32 Å². The van der Waals surface area contributed by atoms with Crippen LogP contribution in [0.15, 0.2) is 58.3 Å². The van der Waals surface area contributed by atoms with Gasteiger partial charge in [-0.05, 0) is 55.2 Å². The summed E-state index contributed by atoms with van der Waals surface area (Å²) < 4.78 is 27.0. The Morgan fingerprint density at radius 2 is 1.71 bits per heavy atom. The molecular weight excluding hydrogens is 392 g/mol. The molecule has 0 aliphatic carbocycles. The second kappa shape index (κ2) is 8.27. The predicted molar refractivity (Wildman–Crippen MR) is 111 cm³/mol. The maximum Gasteiger partial charge on any atom is 0.251 e. The van der Waals surface area contributed by atoms with E-state index in [1.165, 1.54) is 4.90 Å². The minimum atomic E-state index is -3.47. The van der Waals surface area contributed by atoms with Gasteiger partial charge < -0.3 is 5.32 Å². The van der Waals surface area contributed by atoms with Crippen molar-refractivity contribution in [1.29, 1.82) is 0 Å². The second-order valence-electron chi connectivity index (χ2n) is 7.19. The Balaban J connectivity index is 1.48. The number of rotatable bonds is 4. The predicted octanol–water partition coefficient (Wildman–Crippen LogP) is 3.83. The summed E-state index contributed by atoms with van der Waals surface area (Å²) in [5.41, 5.74) is 1.63. The van der Waals surface area contributed by atoms with Gasteiger partial charge >= 0.3 is 0 Å². The summed E-state index contributed by atoms with van der Waals surface area (Å²) in [5.74, 6) is 0.795. The highest BCUT2D eigenvalue weighted by molar-refractivity contribution is 7.99. The van der Waals surface area contributed by atoms with E-state index in [1.807, 2.05) is 23.9 Å². The topological polar surface area (TPSA) is 66.5 Å². The molecule has 0 bridgehead atoms. The number of nitrogens with one attached hydrogen (secondary N) is 1. The van der Waals surface area contributed by atoms with Gasteiger partial charge in [0.2, 0.25) is 10.0 Å². The zero-order chi connectivity index (χ0) is 19.6. The zero-order valence-corrected chi connectivity index (χ0v) is 17.3. The monoisotopic (exact) mass is 416 g/mol. The summed E-state index contributed by atoms with van der Waals surface area (Å²) in [4.78, 5) is 14.2. The molecule has 148 valence electrons. The van der Waals surface area contributed by atoms with Crippen molar-refractivity contribution in [1.82, 2.24) is 9.62 Å². The fourth-order valence-corrected chi connectivity index (χ4v) is 6.41. The van der Waals surface area contributed by atoms with Gasteiger partial charge in [0.05, 0.1) is 10.9 Å². The Morgan fingerprint density at radius 1 is 1.00 bits per heavy atom. The third kappa shape index (κ3) is 3.97. The van der Waals surface area contributed by atoms with E-state index < -0.39 is 10.0 Å². The molecule has 0 unspecified atom stereocenters. The van der Waals surface area contributed by atoms with Crippen LogP contribution in [-0.2, 0) is 10.0 Å². The highest BCUT2D eigenvalue weighted by Crippen LogP contribution is 2.36. The molecule has 2 aliphatic heterocycles. The summed E-state index contributed by atoms with van der Waals surface area (Å²) in [6, 6.07) is 14.4. The van der Waals surface area contributed by atoms with E-state index in [-0.39, 0.29) is 16.8 Å². The average Bonchev–Trinajstić information content (AvgIpc) is 2.75. The minimum Gasteiger partial charge on any atom is -0.345 e. The number of hydrogen-bond donors (Lipinski definition) is 1. The van der Waals surface area contributed by atoms with E-state index in [0.717, 1.165) is 37.0 Å². The Labute approximate surface area is 170 Å². The number of fused-ring (bicyclic) bond motifs is 1. The van der Waals surface area contributed by atoms with Crippen LogP contribution in [0.5, 0.6) is 0 Å². The van der Waals surface area contributed by atoms with Crippen LogP contribution in [-0.4, -0.2) is 37.5 Å². The molecular formula is C21H24N2O3S2. The van der Waals surface area contributed by atoms with Crippen LogP contribution in [0.4, 0.5) is 0 Å². The maximum atomic E-state index is 12.7. The summed E-state index contributed by atoms with van der Waals surface area (Å²) in [7, 11) is -3.47. The van der Waals surface area contributed by atoms with Gasteiger partial charge in [-0.15, -0.1) is 11.8 Å². The molecule has 2 heterocycles. The fourth-order valence-electron chi connectivity index (χ4n) is 3.77. The standard InChI is InChI=1S/C21H24N2O3S2/c24-21(22-19-12-15-27-20-7-3-2-6-18(19)20)16-8-10-17(11-9-16)28(25,26)23-13-4-1-5-14-23/h2-3,6-11,19H,1,4-5,12-15H2,(H,22,24)/t19-/m0/s1. The van der Waals surface area contributed by atoms with Crippen molar-refractivity contribution in [2.75, 3.05) is 18.8 Å². The number of amides is 1. The second-order valence-corrected chi connectivity index (χ2v) is 10.3. The van der Waals surface area contributed by atoms with Crippen LogP contribution in [0, 0.1) is 0 Å². The van der Waals surface area contributed by atoms with Gasteiger partial charge in [0.25, 0.3) is 5.91 Å². The summed E-state index contributed by atoms with van der Waals surface area (Å²) >= 11 is 1.81. The zero-order valence-electron chi connectivity index (χ0n) is 15.6. The van der Waals surface area contributed by atoms with Gasteiger partial charge in [-0.3, -0.25) is 4.79 Å². The Bertz CT molecular complexity index is 952. The smallest absolute Gasteiger partial charge is 0.251 e. The Hall–Kier alpha value is -1.83. The normalized spacial score (nSPS) is 20.4. The molecule has 1 atom stereocenters. The highest BCUT2D eigenvalue weighted by atomic mass is 32.2. The van der Waals surface area contributed by atoms with Gasteiger partial charge in [0.15, 0.2) is 0 Å². The van der Waals surface area contributed by atoms with Crippen LogP contribution in [0.25, 0.3) is 0 Å². The minimum absolute atomic E-state index is 0.0123. The number of thioether (sulfide) groups is 1. The van der Waals surface area contributed by atoms with Crippen molar-refractivity contribution < 1.29 is 13.2 Å². The molecule has 4 rings (SSSR count). The number of carbonyl (C=O) groups is 1. The molecule has 0 aromatic heterocycles. The molecule has 2 aromatic rings. The van der Waals surface area contributed by atoms with E-state index in [9.17, 15) is 13.2 Å². The first-order chi connectivity index (χ1) is 13.6.